The van der Waals surface area contributed by atoms with Crippen molar-refractivity contribution in [2.45, 2.75) is 25.6 Å². The Morgan fingerprint density at radius 2 is 1.95 bits per heavy atom. The average Bonchev–Trinajstić information content (AvgIpc) is 2.43. The fourth-order valence-corrected chi connectivity index (χ4v) is 2.63. The van der Waals surface area contributed by atoms with Crippen molar-refractivity contribution in [2.75, 3.05) is 5.75 Å². The van der Waals surface area contributed by atoms with Crippen LogP contribution in [0.15, 0.2) is 42.5 Å². The monoisotopic (exact) mass is 281 g/mol. The zero-order valence-corrected chi connectivity index (χ0v) is 12.0. The molecule has 0 saturated carbocycles. The van der Waals surface area contributed by atoms with E-state index in [0.717, 1.165) is 5.56 Å². The Kier molecular flexibility index (Phi) is 5.76. The maximum Gasteiger partial charge on any atom is 0.238 e. The minimum atomic E-state index is -3.42. The number of carbonyl (C=O) groups is 1. The number of hydrogen-bond acceptors (Lipinski definition) is 3. The molecule has 4 nitrogen and oxygen atoms in total. The fraction of sp³-hybridized carbons (Fsp3) is 0.357. The molecular weight excluding hydrogens is 262 g/mol. The fourth-order valence-electron chi connectivity index (χ4n) is 1.47. The first-order valence-electron chi connectivity index (χ1n) is 6.11. The third-order valence-electron chi connectivity index (χ3n) is 2.78. The molecule has 0 radical (unpaired) electrons. The summed E-state index contributed by atoms with van der Waals surface area (Å²) in [4.78, 5) is 11.8. The van der Waals surface area contributed by atoms with Crippen molar-refractivity contribution in [1.29, 1.82) is 0 Å². The third kappa shape index (κ3) is 4.87. The Morgan fingerprint density at radius 1 is 1.32 bits per heavy atom. The second-order valence-electron chi connectivity index (χ2n) is 4.24. The quantitative estimate of drug-likeness (QED) is 0.807. The molecule has 0 aliphatic carbocycles. The van der Waals surface area contributed by atoms with Crippen LogP contribution >= 0.6 is 0 Å². The van der Waals surface area contributed by atoms with Crippen molar-refractivity contribution in [2.24, 2.45) is 0 Å². The molecule has 19 heavy (non-hydrogen) atoms. The predicted molar refractivity (Wildman–Crippen MR) is 76.4 cm³/mol. The number of carbonyl (C=O) groups excluding carboxylic acids is 1. The molecule has 0 saturated heterocycles. The number of sulfone groups is 1. The molecule has 0 aromatic heterocycles. The molecule has 1 aromatic rings. The summed E-state index contributed by atoms with van der Waals surface area (Å²) in [5.74, 6) is -0.572. The number of amides is 1. The highest BCUT2D eigenvalue weighted by Gasteiger charge is 2.26. The van der Waals surface area contributed by atoms with Gasteiger partial charge in [-0.05, 0) is 19.4 Å². The van der Waals surface area contributed by atoms with Gasteiger partial charge < -0.3 is 5.32 Å². The van der Waals surface area contributed by atoms with Crippen molar-refractivity contribution in [3.63, 3.8) is 0 Å². The summed E-state index contributed by atoms with van der Waals surface area (Å²) in [5.41, 5.74) is 0.939. The highest BCUT2D eigenvalue weighted by atomic mass is 32.2. The van der Waals surface area contributed by atoms with E-state index in [4.69, 9.17) is 0 Å². The topological polar surface area (TPSA) is 63.2 Å². The van der Waals surface area contributed by atoms with Crippen molar-refractivity contribution < 1.29 is 13.2 Å². The molecule has 1 atom stereocenters. The second-order valence-corrected chi connectivity index (χ2v) is 6.61. The van der Waals surface area contributed by atoms with Gasteiger partial charge >= 0.3 is 0 Å². The van der Waals surface area contributed by atoms with Crippen LogP contribution < -0.4 is 5.32 Å². The summed E-state index contributed by atoms with van der Waals surface area (Å²) >= 11 is 0. The molecular formula is C14H19NO3S. The van der Waals surface area contributed by atoms with Crippen LogP contribution in [-0.2, 0) is 21.2 Å². The molecule has 0 aliphatic rings. The van der Waals surface area contributed by atoms with E-state index in [1.54, 1.807) is 13.0 Å². The number of hydrogen-bond donors (Lipinski definition) is 1. The Bertz CT molecular complexity index is 535. The lowest BCUT2D eigenvalue weighted by atomic mass is 10.2. The minimum absolute atomic E-state index is 0.108. The van der Waals surface area contributed by atoms with E-state index in [9.17, 15) is 13.2 Å². The van der Waals surface area contributed by atoms with E-state index < -0.39 is 21.0 Å². The summed E-state index contributed by atoms with van der Waals surface area (Å²) < 4.78 is 23.7. The van der Waals surface area contributed by atoms with Crippen molar-refractivity contribution in [3.05, 3.63) is 48.0 Å². The molecule has 1 N–H and O–H groups in total. The summed E-state index contributed by atoms with van der Waals surface area (Å²) in [6.45, 7) is 3.50. The average molecular weight is 281 g/mol. The Morgan fingerprint density at radius 3 is 2.53 bits per heavy atom. The third-order valence-corrected chi connectivity index (χ3v) is 4.73. The smallest absolute Gasteiger partial charge is 0.238 e. The van der Waals surface area contributed by atoms with Gasteiger partial charge in [-0.1, -0.05) is 42.5 Å². The van der Waals surface area contributed by atoms with Gasteiger partial charge in [0.15, 0.2) is 9.84 Å². The van der Waals surface area contributed by atoms with Gasteiger partial charge in [-0.25, -0.2) is 8.42 Å². The van der Waals surface area contributed by atoms with Crippen LogP contribution in [0.3, 0.4) is 0 Å². The van der Waals surface area contributed by atoms with E-state index >= 15 is 0 Å². The molecule has 1 amide bonds. The zero-order valence-electron chi connectivity index (χ0n) is 11.2. The van der Waals surface area contributed by atoms with Crippen LogP contribution in [0.1, 0.15) is 19.4 Å². The Hall–Kier alpha value is -1.62. The van der Waals surface area contributed by atoms with Gasteiger partial charge in [-0.15, -0.1) is 0 Å². The van der Waals surface area contributed by atoms with Gasteiger partial charge in [-0.3, -0.25) is 4.79 Å². The maximum atomic E-state index is 11.8. The zero-order chi connectivity index (χ0) is 14.3. The van der Waals surface area contributed by atoms with Crippen LogP contribution in [0.2, 0.25) is 0 Å². The standard InChI is InChI=1S/C14H19NO3S/c1-3-4-10-19(17,18)12(2)14(16)15-11-13-8-6-5-7-9-13/h3-9,12H,10-11H2,1-2H3,(H,15,16). The largest absolute Gasteiger partial charge is 0.351 e. The second kappa shape index (κ2) is 7.09. The lowest BCUT2D eigenvalue weighted by molar-refractivity contribution is -0.120. The molecule has 0 bridgehead atoms. The van der Waals surface area contributed by atoms with Crippen molar-refractivity contribution in [1.82, 2.24) is 5.32 Å². The van der Waals surface area contributed by atoms with E-state index in [1.807, 2.05) is 30.3 Å². The van der Waals surface area contributed by atoms with Crippen LogP contribution in [0.5, 0.6) is 0 Å². The van der Waals surface area contributed by atoms with E-state index in [0.29, 0.717) is 6.54 Å². The molecule has 104 valence electrons. The van der Waals surface area contributed by atoms with Gasteiger partial charge in [0.1, 0.15) is 5.25 Å². The summed E-state index contributed by atoms with van der Waals surface area (Å²) in [5, 5.41) is 1.60. The predicted octanol–water partition coefficient (Wildman–Crippen LogP) is 1.68. The van der Waals surface area contributed by atoms with Gasteiger partial charge in [0.05, 0.1) is 5.75 Å². The minimum Gasteiger partial charge on any atom is -0.351 e. The van der Waals surface area contributed by atoms with Crippen LogP contribution in [-0.4, -0.2) is 25.3 Å². The van der Waals surface area contributed by atoms with Crippen molar-refractivity contribution in [3.8, 4) is 0 Å². The number of allylic oxidation sites excluding steroid dienone is 1. The first-order chi connectivity index (χ1) is 8.97. The van der Waals surface area contributed by atoms with Crippen LogP contribution in [0.25, 0.3) is 0 Å². The van der Waals surface area contributed by atoms with Crippen LogP contribution in [0.4, 0.5) is 0 Å². The number of rotatable bonds is 6. The Labute approximate surface area is 114 Å². The highest BCUT2D eigenvalue weighted by Crippen LogP contribution is 2.04. The molecule has 5 heteroatoms. The maximum absolute atomic E-state index is 11.8. The number of benzene rings is 1. The summed E-state index contributed by atoms with van der Waals surface area (Å²) in [7, 11) is -3.42. The highest BCUT2D eigenvalue weighted by molar-refractivity contribution is 7.92. The van der Waals surface area contributed by atoms with Gasteiger partial charge in [0, 0.05) is 6.54 Å². The van der Waals surface area contributed by atoms with E-state index in [-0.39, 0.29) is 5.75 Å². The van der Waals surface area contributed by atoms with Gasteiger partial charge in [0.2, 0.25) is 5.91 Å². The lowest BCUT2D eigenvalue weighted by Gasteiger charge is -2.12. The van der Waals surface area contributed by atoms with E-state index in [2.05, 4.69) is 5.32 Å². The molecule has 1 aromatic carbocycles. The molecule has 1 unspecified atom stereocenters. The lowest BCUT2D eigenvalue weighted by Crippen LogP contribution is -2.38. The normalized spacial score (nSPS) is 13.4. The molecule has 0 heterocycles. The molecule has 0 spiro atoms. The first kappa shape index (κ1) is 15.4. The SMILES string of the molecule is CC=CCS(=O)(=O)C(C)C(=O)NCc1ccccc1. The molecule has 1 rings (SSSR count). The van der Waals surface area contributed by atoms with Crippen LogP contribution in [0, 0.1) is 0 Å². The number of nitrogens with one attached hydrogen (secondary N) is 1. The molecule has 0 aliphatic heterocycles. The van der Waals surface area contributed by atoms with E-state index in [1.165, 1.54) is 13.0 Å². The first-order valence-corrected chi connectivity index (χ1v) is 7.83. The Balaban J connectivity index is 2.58. The summed E-state index contributed by atoms with van der Waals surface area (Å²) in [6.07, 6.45) is 3.20. The van der Waals surface area contributed by atoms with Gasteiger partial charge in [0.25, 0.3) is 0 Å². The molecule has 0 fully saturated rings. The van der Waals surface area contributed by atoms with Crippen molar-refractivity contribution >= 4 is 15.7 Å². The van der Waals surface area contributed by atoms with Gasteiger partial charge in [-0.2, -0.15) is 0 Å². The summed E-state index contributed by atoms with van der Waals surface area (Å²) in [6, 6.07) is 9.37.